The number of anilines is 1. The lowest BCUT2D eigenvalue weighted by atomic mass is 10.2. The van der Waals surface area contributed by atoms with E-state index in [-0.39, 0.29) is 17.5 Å². The van der Waals surface area contributed by atoms with Crippen LogP contribution in [0, 0.1) is 0 Å². The molecule has 6 nitrogen and oxygen atoms in total. The summed E-state index contributed by atoms with van der Waals surface area (Å²) in [6.45, 7) is 0.260. The minimum absolute atomic E-state index is 0.260. The highest BCUT2D eigenvalue weighted by Crippen LogP contribution is 2.41. The second-order valence-electron chi connectivity index (χ2n) is 6.52. The van der Waals surface area contributed by atoms with Gasteiger partial charge in [-0.2, -0.15) is 0 Å². The van der Waals surface area contributed by atoms with Crippen molar-refractivity contribution in [1.29, 1.82) is 0 Å². The monoisotopic (exact) mass is 473 g/mol. The first-order chi connectivity index (χ1) is 15.0. The zero-order valence-corrected chi connectivity index (χ0v) is 19.0. The van der Waals surface area contributed by atoms with E-state index >= 15 is 0 Å². The molecule has 2 aromatic heterocycles. The topological polar surface area (TPSA) is 64.6 Å². The number of aromatic nitrogens is 2. The van der Waals surface area contributed by atoms with Gasteiger partial charge in [-0.15, -0.1) is 0 Å². The summed E-state index contributed by atoms with van der Waals surface area (Å²) in [5, 5.41) is 1.21. The molecule has 0 spiro atoms. The van der Waals surface area contributed by atoms with Crippen LogP contribution in [0.4, 0.5) is 5.13 Å². The van der Waals surface area contributed by atoms with E-state index in [1.165, 1.54) is 11.3 Å². The summed E-state index contributed by atoms with van der Waals surface area (Å²) >= 11 is 13.7. The molecule has 0 radical (unpaired) electrons. The fourth-order valence-electron chi connectivity index (χ4n) is 3.10. The average Bonchev–Trinajstić information content (AvgIpc) is 3.22. The molecule has 158 valence electrons. The third kappa shape index (κ3) is 4.30. The average molecular weight is 474 g/mol. The number of halogens is 2. The highest BCUT2D eigenvalue weighted by Gasteiger charge is 2.25. The highest BCUT2D eigenvalue weighted by molar-refractivity contribution is 7.22. The van der Waals surface area contributed by atoms with Crippen molar-refractivity contribution < 1.29 is 14.3 Å². The molecule has 0 unspecified atom stereocenters. The van der Waals surface area contributed by atoms with Gasteiger partial charge in [-0.1, -0.05) is 40.6 Å². The lowest BCUT2D eigenvalue weighted by Crippen LogP contribution is -2.30. The van der Waals surface area contributed by atoms with Crippen LogP contribution in [0.5, 0.6) is 11.5 Å². The molecule has 1 amide bonds. The van der Waals surface area contributed by atoms with Crippen molar-refractivity contribution in [2.75, 3.05) is 19.1 Å². The molecule has 0 atom stereocenters. The number of carbonyl (C=O) groups excluding carboxylic acids is 1. The van der Waals surface area contributed by atoms with E-state index in [2.05, 4.69) is 4.98 Å². The zero-order valence-electron chi connectivity index (χ0n) is 16.6. The van der Waals surface area contributed by atoms with E-state index in [0.717, 1.165) is 10.3 Å². The van der Waals surface area contributed by atoms with Gasteiger partial charge in [0.15, 0.2) is 5.13 Å². The maximum atomic E-state index is 13.5. The lowest BCUT2D eigenvalue weighted by Gasteiger charge is -2.20. The number of ether oxygens (including phenoxy) is 2. The molecule has 0 bridgehead atoms. The molecule has 0 N–H and O–H groups in total. The van der Waals surface area contributed by atoms with Crippen molar-refractivity contribution in [3.8, 4) is 11.5 Å². The molecule has 2 heterocycles. The van der Waals surface area contributed by atoms with Crippen LogP contribution in [0.1, 0.15) is 15.9 Å². The predicted octanol–water partition coefficient (Wildman–Crippen LogP) is 5.86. The molecule has 0 aliphatic carbocycles. The van der Waals surface area contributed by atoms with Gasteiger partial charge >= 0.3 is 0 Å². The predicted molar refractivity (Wildman–Crippen MR) is 124 cm³/mol. The van der Waals surface area contributed by atoms with Gasteiger partial charge in [0.05, 0.1) is 31.4 Å². The van der Waals surface area contributed by atoms with E-state index in [1.54, 1.807) is 55.8 Å². The molecular formula is C22H17Cl2N3O3S. The van der Waals surface area contributed by atoms with Crippen LogP contribution in [0.25, 0.3) is 10.2 Å². The first kappa shape index (κ1) is 21.4. The summed E-state index contributed by atoms with van der Waals surface area (Å²) in [5.41, 5.74) is 1.79. The fourth-order valence-corrected chi connectivity index (χ4v) is 4.66. The summed E-state index contributed by atoms with van der Waals surface area (Å²) in [7, 11) is 3.17. The van der Waals surface area contributed by atoms with Crippen LogP contribution in [0.2, 0.25) is 10.0 Å². The Morgan fingerprint density at radius 1 is 1.10 bits per heavy atom. The van der Waals surface area contributed by atoms with Crippen molar-refractivity contribution >= 4 is 55.8 Å². The van der Waals surface area contributed by atoms with Gasteiger partial charge < -0.3 is 9.47 Å². The summed E-state index contributed by atoms with van der Waals surface area (Å²) in [5.74, 6) is 0.942. The van der Waals surface area contributed by atoms with Gasteiger partial charge in [0, 0.05) is 17.4 Å². The molecule has 0 aliphatic heterocycles. The van der Waals surface area contributed by atoms with E-state index in [1.807, 2.05) is 18.2 Å². The number of nitrogens with zero attached hydrogens (tertiary/aromatic N) is 3. The Morgan fingerprint density at radius 2 is 1.87 bits per heavy atom. The zero-order chi connectivity index (χ0) is 22.0. The van der Waals surface area contributed by atoms with E-state index < -0.39 is 0 Å². The Kier molecular flexibility index (Phi) is 6.27. The standard InChI is InChI=1S/C22H17Cl2N3O3S/c1-29-17-7-8-18(30-2)20-19(17)26-22(31-20)27(12-13-4-3-9-25-11-13)21(28)15-6-5-14(23)10-16(15)24/h3-11H,12H2,1-2H3. The van der Waals surface area contributed by atoms with Crippen molar-refractivity contribution in [3.63, 3.8) is 0 Å². The molecule has 4 rings (SSSR count). The van der Waals surface area contributed by atoms with Crippen LogP contribution in [-0.2, 0) is 6.54 Å². The Morgan fingerprint density at radius 3 is 2.55 bits per heavy atom. The maximum Gasteiger partial charge on any atom is 0.261 e. The van der Waals surface area contributed by atoms with E-state index in [4.69, 9.17) is 37.7 Å². The van der Waals surface area contributed by atoms with Crippen molar-refractivity contribution in [2.45, 2.75) is 6.54 Å². The van der Waals surface area contributed by atoms with Gasteiger partial charge in [0.25, 0.3) is 5.91 Å². The molecular weight excluding hydrogens is 457 g/mol. The third-order valence-electron chi connectivity index (χ3n) is 4.60. The number of fused-ring (bicyclic) bond motifs is 1. The lowest BCUT2D eigenvalue weighted by molar-refractivity contribution is 0.0985. The fraction of sp³-hybridized carbons (Fsp3) is 0.136. The summed E-state index contributed by atoms with van der Waals surface area (Å²) in [6.07, 6.45) is 3.39. The molecule has 0 saturated carbocycles. The summed E-state index contributed by atoms with van der Waals surface area (Å²) < 4.78 is 11.7. The van der Waals surface area contributed by atoms with Crippen molar-refractivity contribution in [3.05, 3.63) is 76.0 Å². The SMILES string of the molecule is COc1ccc(OC)c2sc(N(Cc3cccnc3)C(=O)c3ccc(Cl)cc3Cl)nc12. The quantitative estimate of drug-likeness (QED) is 0.350. The van der Waals surface area contributed by atoms with E-state index in [9.17, 15) is 4.79 Å². The number of benzene rings is 2. The van der Waals surface area contributed by atoms with Gasteiger partial charge in [0.2, 0.25) is 0 Å². The number of hydrogen-bond acceptors (Lipinski definition) is 6. The highest BCUT2D eigenvalue weighted by atomic mass is 35.5. The Hall–Kier alpha value is -2.87. The third-order valence-corrected chi connectivity index (χ3v) is 6.24. The first-order valence-corrected chi connectivity index (χ1v) is 10.8. The Labute approximate surface area is 193 Å². The Bertz CT molecular complexity index is 1210. The van der Waals surface area contributed by atoms with Crippen LogP contribution < -0.4 is 14.4 Å². The largest absolute Gasteiger partial charge is 0.495 e. The van der Waals surface area contributed by atoms with Gasteiger partial charge in [-0.3, -0.25) is 14.7 Å². The van der Waals surface area contributed by atoms with Gasteiger partial charge in [-0.05, 0) is 42.0 Å². The van der Waals surface area contributed by atoms with Crippen LogP contribution in [0.3, 0.4) is 0 Å². The van der Waals surface area contributed by atoms with E-state index in [0.29, 0.717) is 32.7 Å². The second kappa shape index (κ2) is 9.09. The maximum absolute atomic E-state index is 13.5. The normalized spacial score (nSPS) is 10.8. The first-order valence-electron chi connectivity index (χ1n) is 9.19. The number of pyridine rings is 1. The van der Waals surface area contributed by atoms with Crippen LogP contribution in [-0.4, -0.2) is 30.1 Å². The van der Waals surface area contributed by atoms with Crippen LogP contribution in [0.15, 0.2) is 54.9 Å². The molecule has 0 aliphatic rings. The minimum Gasteiger partial charge on any atom is -0.495 e. The van der Waals surface area contributed by atoms with Gasteiger partial charge in [0.1, 0.15) is 21.7 Å². The molecule has 0 fully saturated rings. The van der Waals surface area contributed by atoms with Crippen LogP contribution >= 0.6 is 34.5 Å². The number of amides is 1. The molecule has 2 aromatic carbocycles. The number of hydrogen-bond donors (Lipinski definition) is 0. The van der Waals surface area contributed by atoms with Crippen molar-refractivity contribution in [2.24, 2.45) is 0 Å². The minimum atomic E-state index is -0.303. The molecule has 4 aromatic rings. The van der Waals surface area contributed by atoms with Crippen molar-refractivity contribution in [1.82, 2.24) is 9.97 Å². The summed E-state index contributed by atoms with van der Waals surface area (Å²) in [6, 6.07) is 12.1. The smallest absolute Gasteiger partial charge is 0.261 e. The molecule has 9 heteroatoms. The second-order valence-corrected chi connectivity index (χ2v) is 8.34. The van der Waals surface area contributed by atoms with Gasteiger partial charge in [-0.25, -0.2) is 4.98 Å². The summed E-state index contributed by atoms with van der Waals surface area (Å²) in [4.78, 5) is 24.0. The Balaban J connectivity index is 1.85. The number of methoxy groups -OCH3 is 2. The number of rotatable bonds is 6. The number of carbonyl (C=O) groups is 1. The number of thiazole rings is 1. The molecule has 0 saturated heterocycles. The molecule has 31 heavy (non-hydrogen) atoms.